The van der Waals surface area contributed by atoms with Crippen LogP contribution >= 0.6 is 12.2 Å². The lowest BCUT2D eigenvalue weighted by Crippen LogP contribution is -2.39. The lowest BCUT2D eigenvalue weighted by molar-refractivity contribution is 0.393. The summed E-state index contributed by atoms with van der Waals surface area (Å²) in [5.74, 6) is 0. The molecule has 116 valence electrons. The SMILES string of the molecule is CCCCN(CCCC)C(=S)NN=C(C)c1ccccn1. The molecule has 1 rings (SSSR count). The van der Waals surface area contributed by atoms with Crippen molar-refractivity contribution in [2.45, 2.75) is 46.5 Å². The molecule has 0 aliphatic carbocycles. The Hall–Kier alpha value is -1.49. The van der Waals surface area contributed by atoms with Crippen LogP contribution in [0.25, 0.3) is 0 Å². The standard InChI is InChI=1S/C16H26N4S/c1-4-6-12-20(13-7-5-2)16(21)19-18-14(3)15-10-8-9-11-17-15/h8-11H,4-7,12-13H2,1-3H3,(H,19,21). The van der Waals surface area contributed by atoms with Crippen LogP contribution in [0.4, 0.5) is 0 Å². The highest BCUT2D eigenvalue weighted by Crippen LogP contribution is 2.01. The van der Waals surface area contributed by atoms with E-state index in [1.165, 1.54) is 12.8 Å². The van der Waals surface area contributed by atoms with Gasteiger partial charge in [0.25, 0.3) is 0 Å². The molecule has 0 spiro atoms. The van der Waals surface area contributed by atoms with Crippen molar-refractivity contribution in [2.75, 3.05) is 13.1 Å². The Kier molecular flexibility index (Phi) is 8.59. The molecule has 0 amide bonds. The second kappa shape index (κ2) is 10.3. The Morgan fingerprint density at radius 2 is 1.90 bits per heavy atom. The van der Waals surface area contributed by atoms with Gasteiger partial charge >= 0.3 is 0 Å². The van der Waals surface area contributed by atoms with Crippen LogP contribution in [-0.2, 0) is 0 Å². The highest BCUT2D eigenvalue weighted by atomic mass is 32.1. The molecular formula is C16H26N4S. The van der Waals surface area contributed by atoms with Gasteiger partial charge in [0.2, 0.25) is 0 Å². The summed E-state index contributed by atoms with van der Waals surface area (Å²) < 4.78 is 0. The molecule has 0 bridgehead atoms. The molecule has 5 heteroatoms. The van der Waals surface area contributed by atoms with Crippen molar-refractivity contribution in [1.29, 1.82) is 0 Å². The number of thiocarbonyl (C=S) groups is 1. The Morgan fingerprint density at radius 3 is 2.43 bits per heavy atom. The molecule has 0 saturated heterocycles. The molecule has 0 radical (unpaired) electrons. The largest absolute Gasteiger partial charge is 0.348 e. The Balaban J connectivity index is 2.59. The monoisotopic (exact) mass is 306 g/mol. The molecule has 4 nitrogen and oxygen atoms in total. The van der Waals surface area contributed by atoms with Gasteiger partial charge in [-0.15, -0.1) is 0 Å². The first-order valence-electron chi connectivity index (χ1n) is 7.69. The van der Waals surface area contributed by atoms with Crippen LogP contribution in [0.3, 0.4) is 0 Å². The number of hydrazone groups is 1. The van der Waals surface area contributed by atoms with E-state index < -0.39 is 0 Å². The fourth-order valence-electron chi connectivity index (χ4n) is 1.85. The average molecular weight is 306 g/mol. The quantitative estimate of drug-likeness (QED) is 0.453. The van der Waals surface area contributed by atoms with E-state index in [0.717, 1.165) is 37.3 Å². The number of hydrogen-bond donors (Lipinski definition) is 1. The maximum Gasteiger partial charge on any atom is 0.189 e. The van der Waals surface area contributed by atoms with Crippen LogP contribution < -0.4 is 5.43 Å². The first-order chi connectivity index (χ1) is 10.2. The number of unbranched alkanes of at least 4 members (excludes halogenated alkanes) is 2. The topological polar surface area (TPSA) is 40.5 Å². The van der Waals surface area contributed by atoms with Crippen molar-refractivity contribution < 1.29 is 0 Å². The molecule has 1 N–H and O–H groups in total. The lowest BCUT2D eigenvalue weighted by atomic mass is 10.3. The third-order valence-corrected chi connectivity index (χ3v) is 3.55. The van der Waals surface area contributed by atoms with Crippen molar-refractivity contribution in [3.8, 4) is 0 Å². The second-order valence-corrected chi connectivity index (χ2v) is 5.41. The summed E-state index contributed by atoms with van der Waals surface area (Å²) in [6.45, 7) is 8.29. The summed E-state index contributed by atoms with van der Waals surface area (Å²) in [5, 5.41) is 5.05. The number of nitrogens with zero attached hydrogens (tertiary/aromatic N) is 3. The average Bonchev–Trinajstić information content (AvgIpc) is 2.53. The minimum Gasteiger partial charge on any atom is -0.348 e. The fraction of sp³-hybridized carbons (Fsp3) is 0.562. The molecule has 0 aromatic carbocycles. The van der Waals surface area contributed by atoms with Gasteiger partial charge in [-0.3, -0.25) is 10.4 Å². The van der Waals surface area contributed by atoms with E-state index in [4.69, 9.17) is 12.2 Å². The molecule has 1 aromatic heterocycles. The van der Waals surface area contributed by atoms with Crippen molar-refractivity contribution >= 4 is 23.0 Å². The van der Waals surface area contributed by atoms with Crippen LogP contribution in [-0.4, -0.2) is 33.8 Å². The first kappa shape index (κ1) is 17.6. The molecule has 21 heavy (non-hydrogen) atoms. The van der Waals surface area contributed by atoms with Crippen molar-refractivity contribution in [1.82, 2.24) is 15.3 Å². The van der Waals surface area contributed by atoms with Gasteiger partial charge in [-0.2, -0.15) is 5.10 Å². The molecule has 0 aliphatic rings. The van der Waals surface area contributed by atoms with E-state index in [-0.39, 0.29) is 0 Å². The van der Waals surface area contributed by atoms with Gasteiger partial charge < -0.3 is 4.90 Å². The summed E-state index contributed by atoms with van der Waals surface area (Å²) in [4.78, 5) is 6.48. The smallest absolute Gasteiger partial charge is 0.189 e. The van der Waals surface area contributed by atoms with Crippen LogP contribution in [0.5, 0.6) is 0 Å². The summed E-state index contributed by atoms with van der Waals surface area (Å²) in [5.41, 5.74) is 4.70. The number of nitrogens with one attached hydrogen (secondary N) is 1. The van der Waals surface area contributed by atoms with Gasteiger partial charge in [0, 0.05) is 19.3 Å². The molecular weight excluding hydrogens is 280 g/mol. The maximum atomic E-state index is 5.46. The summed E-state index contributed by atoms with van der Waals surface area (Å²) in [6.07, 6.45) is 6.40. The molecule has 0 aliphatic heterocycles. The van der Waals surface area contributed by atoms with Gasteiger partial charge in [0.15, 0.2) is 5.11 Å². The normalized spacial score (nSPS) is 11.3. The number of hydrogen-bond acceptors (Lipinski definition) is 3. The van der Waals surface area contributed by atoms with Crippen LogP contribution in [0, 0.1) is 0 Å². The minimum atomic E-state index is 0.701. The van der Waals surface area contributed by atoms with Crippen LogP contribution in [0.2, 0.25) is 0 Å². The van der Waals surface area contributed by atoms with E-state index in [2.05, 4.69) is 34.3 Å². The Morgan fingerprint density at radius 1 is 1.24 bits per heavy atom. The Labute approximate surface area is 133 Å². The minimum absolute atomic E-state index is 0.701. The second-order valence-electron chi connectivity index (χ2n) is 5.02. The zero-order chi connectivity index (χ0) is 15.5. The van der Waals surface area contributed by atoms with Gasteiger partial charge in [0.1, 0.15) is 0 Å². The van der Waals surface area contributed by atoms with E-state index in [0.29, 0.717) is 5.11 Å². The van der Waals surface area contributed by atoms with Crippen LogP contribution in [0.15, 0.2) is 29.5 Å². The zero-order valence-corrected chi connectivity index (χ0v) is 14.1. The summed E-state index contributed by atoms with van der Waals surface area (Å²) >= 11 is 5.46. The highest BCUT2D eigenvalue weighted by Gasteiger charge is 2.08. The summed E-state index contributed by atoms with van der Waals surface area (Å²) in [6, 6.07) is 5.79. The van der Waals surface area contributed by atoms with Gasteiger partial charge in [-0.1, -0.05) is 32.8 Å². The van der Waals surface area contributed by atoms with Gasteiger partial charge in [0.05, 0.1) is 11.4 Å². The van der Waals surface area contributed by atoms with E-state index >= 15 is 0 Å². The van der Waals surface area contributed by atoms with E-state index in [1.807, 2.05) is 25.1 Å². The fourth-order valence-corrected chi connectivity index (χ4v) is 2.08. The van der Waals surface area contributed by atoms with Crippen LogP contribution in [0.1, 0.15) is 52.1 Å². The number of aromatic nitrogens is 1. The number of rotatable bonds is 8. The third-order valence-electron chi connectivity index (χ3n) is 3.21. The maximum absolute atomic E-state index is 5.46. The molecule has 0 fully saturated rings. The third kappa shape index (κ3) is 6.67. The number of pyridine rings is 1. The van der Waals surface area contributed by atoms with E-state index in [1.54, 1.807) is 6.20 Å². The molecule has 1 aromatic rings. The first-order valence-corrected chi connectivity index (χ1v) is 8.10. The molecule has 0 unspecified atom stereocenters. The van der Waals surface area contributed by atoms with Gasteiger partial charge in [-0.05, 0) is 44.1 Å². The van der Waals surface area contributed by atoms with Crippen molar-refractivity contribution in [3.63, 3.8) is 0 Å². The predicted molar refractivity (Wildman–Crippen MR) is 93.6 cm³/mol. The Bertz CT molecular complexity index is 437. The molecule has 0 atom stereocenters. The van der Waals surface area contributed by atoms with Crippen molar-refractivity contribution in [2.24, 2.45) is 5.10 Å². The van der Waals surface area contributed by atoms with E-state index in [9.17, 15) is 0 Å². The molecule has 1 heterocycles. The van der Waals surface area contributed by atoms with Gasteiger partial charge in [-0.25, -0.2) is 0 Å². The zero-order valence-electron chi connectivity index (χ0n) is 13.3. The predicted octanol–water partition coefficient (Wildman–Crippen LogP) is 3.58. The highest BCUT2D eigenvalue weighted by molar-refractivity contribution is 7.80. The lowest BCUT2D eigenvalue weighted by Gasteiger charge is -2.24. The summed E-state index contributed by atoms with van der Waals surface area (Å²) in [7, 11) is 0. The molecule has 0 saturated carbocycles. The van der Waals surface area contributed by atoms with Crippen molar-refractivity contribution in [3.05, 3.63) is 30.1 Å².